The van der Waals surface area contributed by atoms with E-state index in [1.54, 1.807) is 22.7 Å². The molecule has 0 spiro atoms. The molecule has 2 rings (SSSR count). The van der Waals surface area contributed by atoms with Crippen LogP contribution in [0.5, 0.6) is 0 Å². The molecular weight excluding hydrogens is 250 g/mol. The fourth-order valence-corrected chi connectivity index (χ4v) is 3.06. The van der Waals surface area contributed by atoms with Crippen molar-refractivity contribution in [3.8, 4) is 0 Å². The molecule has 0 saturated carbocycles. The first-order valence-corrected chi connectivity index (χ1v) is 7.37. The smallest absolute Gasteiger partial charge is 0.109 e. The van der Waals surface area contributed by atoms with E-state index in [1.807, 2.05) is 6.92 Å². The highest BCUT2D eigenvalue weighted by molar-refractivity contribution is 7.09. The summed E-state index contributed by atoms with van der Waals surface area (Å²) in [7, 11) is 2.11. The van der Waals surface area contributed by atoms with Crippen molar-refractivity contribution in [1.82, 2.24) is 9.88 Å². The van der Waals surface area contributed by atoms with Gasteiger partial charge in [0, 0.05) is 18.5 Å². The highest BCUT2D eigenvalue weighted by Gasteiger charge is 2.08. The molecule has 0 fully saturated rings. The molecule has 0 aliphatic heterocycles. The Hall–Kier alpha value is -0.750. The SMILES string of the molecule is CC(N)c1nc(CN(C)Cc2ccsc2)cs1. The second-order valence-corrected chi connectivity index (χ2v) is 5.94. The van der Waals surface area contributed by atoms with Crippen LogP contribution in [-0.2, 0) is 13.1 Å². The molecule has 0 aliphatic carbocycles. The maximum atomic E-state index is 5.80. The van der Waals surface area contributed by atoms with Crippen LogP contribution < -0.4 is 5.73 Å². The number of hydrogen-bond donors (Lipinski definition) is 1. The minimum atomic E-state index is 0.0379. The van der Waals surface area contributed by atoms with Gasteiger partial charge in [-0.05, 0) is 36.4 Å². The van der Waals surface area contributed by atoms with Gasteiger partial charge in [0.05, 0.1) is 11.7 Å². The van der Waals surface area contributed by atoms with Crippen LogP contribution in [-0.4, -0.2) is 16.9 Å². The molecule has 2 aromatic rings. The summed E-state index contributed by atoms with van der Waals surface area (Å²) in [4.78, 5) is 6.80. The number of nitrogens with zero attached hydrogens (tertiary/aromatic N) is 2. The minimum absolute atomic E-state index is 0.0379. The molecule has 0 bridgehead atoms. The van der Waals surface area contributed by atoms with Crippen LogP contribution >= 0.6 is 22.7 Å². The summed E-state index contributed by atoms with van der Waals surface area (Å²) in [5.41, 5.74) is 8.28. The van der Waals surface area contributed by atoms with E-state index in [4.69, 9.17) is 5.73 Å². The Morgan fingerprint density at radius 1 is 1.41 bits per heavy atom. The van der Waals surface area contributed by atoms with E-state index in [9.17, 15) is 0 Å². The lowest BCUT2D eigenvalue weighted by Crippen LogP contribution is -2.17. The predicted octanol–water partition coefficient (Wildman–Crippen LogP) is 2.86. The van der Waals surface area contributed by atoms with E-state index in [2.05, 4.69) is 39.1 Å². The Morgan fingerprint density at radius 3 is 2.82 bits per heavy atom. The van der Waals surface area contributed by atoms with Crippen LogP contribution in [0.3, 0.4) is 0 Å². The lowest BCUT2D eigenvalue weighted by Gasteiger charge is -2.14. The quantitative estimate of drug-likeness (QED) is 0.906. The molecule has 0 aliphatic rings. The number of hydrogen-bond acceptors (Lipinski definition) is 5. The largest absolute Gasteiger partial charge is 0.322 e. The van der Waals surface area contributed by atoms with E-state index in [0.29, 0.717) is 0 Å². The minimum Gasteiger partial charge on any atom is -0.322 e. The second-order valence-electron chi connectivity index (χ2n) is 4.27. The van der Waals surface area contributed by atoms with Crippen molar-refractivity contribution in [3.05, 3.63) is 38.5 Å². The molecular formula is C12H17N3S2. The average Bonchev–Trinajstić information content (AvgIpc) is 2.88. The first-order valence-electron chi connectivity index (χ1n) is 5.54. The Kier molecular flexibility index (Phi) is 4.28. The van der Waals surface area contributed by atoms with Crippen molar-refractivity contribution in [2.75, 3.05) is 7.05 Å². The van der Waals surface area contributed by atoms with E-state index in [0.717, 1.165) is 23.8 Å². The van der Waals surface area contributed by atoms with Gasteiger partial charge in [0.2, 0.25) is 0 Å². The number of thiophene rings is 1. The van der Waals surface area contributed by atoms with Gasteiger partial charge in [-0.1, -0.05) is 0 Å². The van der Waals surface area contributed by atoms with Crippen molar-refractivity contribution in [1.29, 1.82) is 0 Å². The summed E-state index contributed by atoms with van der Waals surface area (Å²) in [5.74, 6) is 0. The number of thiazole rings is 1. The Morgan fingerprint density at radius 2 is 2.24 bits per heavy atom. The van der Waals surface area contributed by atoms with Crippen molar-refractivity contribution in [2.45, 2.75) is 26.1 Å². The van der Waals surface area contributed by atoms with Gasteiger partial charge in [0.1, 0.15) is 5.01 Å². The van der Waals surface area contributed by atoms with Crippen LogP contribution in [0.4, 0.5) is 0 Å². The molecule has 0 radical (unpaired) electrons. The lowest BCUT2D eigenvalue weighted by molar-refractivity contribution is 0.316. The summed E-state index contributed by atoms with van der Waals surface area (Å²) < 4.78 is 0. The molecule has 1 atom stereocenters. The standard InChI is InChI=1S/C12H17N3S2/c1-9(13)12-14-11(8-17-12)6-15(2)5-10-3-4-16-7-10/h3-4,7-9H,5-6,13H2,1-2H3. The second kappa shape index (κ2) is 5.73. The number of aromatic nitrogens is 1. The topological polar surface area (TPSA) is 42.1 Å². The zero-order valence-electron chi connectivity index (χ0n) is 10.1. The molecule has 2 heterocycles. The first-order chi connectivity index (χ1) is 8.15. The maximum absolute atomic E-state index is 5.80. The molecule has 5 heteroatoms. The Balaban J connectivity index is 1.91. The van der Waals surface area contributed by atoms with Crippen molar-refractivity contribution in [3.63, 3.8) is 0 Å². The fraction of sp³-hybridized carbons (Fsp3) is 0.417. The first kappa shape index (κ1) is 12.7. The molecule has 92 valence electrons. The average molecular weight is 267 g/mol. The van der Waals surface area contributed by atoms with Gasteiger partial charge in [-0.2, -0.15) is 11.3 Å². The third-order valence-corrected chi connectivity index (χ3v) is 4.25. The van der Waals surface area contributed by atoms with E-state index >= 15 is 0 Å². The van der Waals surface area contributed by atoms with Gasteiger partial charge >= 0.3 is 0 Å². The van der Waals surface area contributed by atoms with Crippen molar-refractivity contribution >= 4 is 22.7 Å². The third kappa shape index (κ3) is 3.61. The zero-order chi connectivity index (χ0) is 12.3. The Labute approximate surface area is 110 Å². The van der Waals surface area contributed by atoms with E-state index < -0.39 is 0 Å². The normalized spacial score (nSPS) is 13.2. The fourth-order valence-electron chi connectivity index (χ4n) is 1.63. The molecule has 3 nitrogen and oxygen atoms in total. The molecule has 2 aromatic heterocycles. The molecule has 0 aromatic carbocycles. The molecule has 0 amide bonds. The number of nitrogens with two attached hydrogens (primary N) is 1. The van der Waals surface area contributed by atoms with Gasteiger partial charge in [0.25, 0.3) is 0 Å². The van der Waals surface area contributed by atoms with Crippen LogP contribution in [0.2, 0.25) is 0 Å². The van der Waals surface area contributed by atoms with Crippen LogP contribution in [0.1, 0.15) is 29.2 Å². The summed E-state index contributed by atoms with van der Waals surface area (Å²) in [6, 6.07) is 2.20. The van der Waals surface area contributed by atoms with Crippen LogP contribution in [0.25, 0.3) is 0 Å². The van der Waals surface area contributed by atoms with Gasteiger partial charge in [-0.3, -0.25) is 4.90 Å². The predicted molar refractivity (Wildman–Crippen MR) is 74.2 cm³/mol. The summed E-state index contributed by atoms with van der Waals surface area (Å²) >= 11 is 3.39. The molecule has 2 N–H and O–H groups in total. The molecule has 17 heavy (non-hydrogen) atoms. The van der Waals surface area contributed by atoms with E-state index in [1.165, 1.54) is 5.56 Å². The molecule has 0 saturated heterocycles. The van der Waals surface area contributed by atoms with Crippen molar-refractivity contribution in [2.24, 2.45) is 5.73 Å². The van der Waals surface area contributed by atoms with Gasteiger partial charge in [-0.25, -0.2) is 4.98 Å². The highest BCUT2D eigenvalue weighted by Crippen LogP contribution is 2.17. The van der Waals surface area contributed by atoms with E-state index in [-0.39, 0.29) is 6.04 Å². The monoisotopic (exact) mass is 267 g/mol. The number of rotatable bonds is 5. The van der Waals surface area contributed by atoms with Gasteiger partial charge in [-0.15, -0.1) is 11.3 Å². The van der Waals surface area contributed by atoms with Crippen LogP contribution in [0.15, 0.2) is 22.2 Å². The highest BCUT2D eigenvalue weighted by atomic mass is 32.1. The lowest BCUT2D eigenvalue weighted by atomic mass is 10.3. The summed E-state index contributed by atoms with van der Waals surface area (Å²) in [6.07, 6.45) is 0. The summed E-state index contributed by atoms with van der Waals surface area (Å²) in [5, 5.41) is 7.41. The zero-order valence-corrected chi connectivity index (χ0v) is 11.7. The van der Waals surface area contributed by atoms with Gasteiger partial charge < -0.3 is 5.73 Å². The van der Waals surface area contributed by atoms with Gasteiger partial charge in [0.15, 0.2) is 0 Å². The van der Waals surface area contributed by atoms with Crippen LogP contribution in [0, 0.1) is 0 Å². The summed E-state index contributed by atoms with van der Waals surface area (Å²) in [6.45, 7) is 3.81. The maximum Gasteiger partial charge on any atom is 0.109 e. The van der Waals surface area contributed by atoms with Crippen molar-refractivity contribution < 1.29 is 0 Å². The Bertz CT molecular complexity index is 448. The third-order valence-electron chi connectivity index (χ3n) is 2.42. The molecule has 1 unspecified atom stereocenters.